The van der Waals surface area contributed by atoms with Crippen molar-refractivity contribution in [1.82, 2.24) is 9.97 Å². The van der Waals surface area contributed by atoms with E-state index < -0.39 is 5.24 Å². The van der Waals surface area contributed by atoms with Crippen molar-refractivity contribution < 1.29 is 9.59 Å². The second-order valence-corrected chi connectivity index (χ2v) is 13.2. The summed E-state index contributed by atoms with van der Waals surface area (Å²) in [5, 5.41) is 10.8. The fraction of sp³-hybridized carbons (Fsp3) is 0. The number of anilines is 6. The minimum Gasteiger partial charge on any atom is -0.397 e. The Hall–Kier alpha value is -6.07. The van der Waals surface area contributed by atoms with E-state index in [1.54, 1.807) is 59.1 Å². The van der Waals surface area contributed by atoms with Gasteiger partial charge in [-0.2, -0.15) is 0 Å². The van der Waals surface area contributed by atoms with E-state index in [1.165, 1.54) is 0 Å². The molecule has 1 amide bonds. The summed E-state index contributed by atoms with van der Waals surface area (Å²) in [4.78, 5) is 32.0. The molecule has 0 spiro atoms. The van der Waals surface area contributed by atoms with Crippen LogP contribution in [0.4, 0.5) is 33.0 Å². The van der Waals surface area contributed by atoms with Crippen LogP contribution in [-0.4, -0.2) is 21.1 Å². The number of carbonyl (C=O) groups is 2. The third-order valence-electron chi connectivity index (χ3n) is 7.20. The fourth-order valence-corrected chi connectivity index (χ4v) is 6.73. The standard InChI is InChI=1S/C20H15N3OS.C13H11N3S.C7H5ClO/c24-19(14-8-3-1-4-9-14)22-16-12-7-13-17-18(16)23-20(25-17)21-15-10-5-2-6-11-15;14-10-7-4-8-11-12(10)16-13(17-11)15-9-5-2-1-3-6-9;8-7(9)6-4-2-1-3-5-6/h1-13H,(H,21,23)(H,22,24);1-8H,14H2,(H,15,16);1-5H. The number of para-hydroxylation sites is 4. The zero-order valence-electron chi connectivity index (χ0n) is 27.0. The average Bonchev–Trinajstić information content (AvgIpc) is 3.78. The van der Waals surface area contributed by atoms with E-state index in [0.717, 1.165) is 47.8 Å². The molecule has 0 aliphatic heterocycles. The summed E-state index contributed by atoms with van der Waals surface area (Å²) >= 11 is 8.32. The summed E-state index contributed by atoms with van der Waals surface area (Å²) < 4.78 is 2.12. The van der Waals surface area contributed by atoms with Crippen LogP contribution >= 0.6 is 34.3 Å². The van der Waals surface area contributed by atoms with E-state index in [9.17, 15) is 9.59 Å². The Morgan fingerprint density at radius 2 is 0.980 bits per heavy atom. The Morgan fingerprint density at radius 1 is 0.529 bits per heavy atom. The first kappa shape index (κ1) is 34.8. The van der Waals surface area contributed by atoms with Crippen molar-refractivity contribution >= 4 is 98.9 Å². The topological polar surface area (TPSA) is 122 Å². The van der Waals surface area contributed by atoms with Gasteiger partial charge in [-0.15, -0.1) is 0 Å². The van der Waals surface area contributed by atoms with Gasteiger partial charge in [-0.05, 0) is 72.3 Å². The number of hydrogen-bond acceptors (Lipinski definition) is 9. The van der Waals surface area contributed by atoms with E-state index in [1.807, 2.05) is 121 Å². The van der Waals surface area contributed by atoms with Gasteiger partial charge in [-0.3, -0.25) is 9.59 Å². The number of carbonyl (C=O) groups excluding carboxylic acids is 2. The van der Waals surface area contributed by atoms with E-state index in [2.05, 4.69) is 25.9 Å². The number of fused-ring (bicyclic) bond motifs is 2. The molecule has 8 rings (SSSR count). The van der Waals surface area contributed by atoms with Gasteiger partial charge in [-0.25, -0.2) is 9.97 Å². The van der Waals surface area contributed by atoms with Crippen LogP contribution < -0.4 is 21.7 Å². The van der Waals surface area contributed by atoms with Gasteiger partial charge in [0.2, 0.25) is 0 Å². The number of nitrogens with two attached hydrogens (primary N) is 1. The van der Waals surface area contributed by atoms with Crippen molar-refractivity contribution in [3.63, 3.8) is 0 Å². The summed E-state index contributed by atoms with van der Waals surface area (Å²) in [5.41, 5.74) is 12.2. The third-order valence-corrected chi connectivity index (χ3v) is 9.29. The predicted octanol–water partition coefficient (Wildman–Crippen LogP) is 11.0. The first-order chi connectivity index (χ1) is 24.9. The van der Waals surface area contributed by atoms with Crippen molar-refractivity contribution in [2.24, 2.45) is 0 Å². The van der Waals surface area contributed by atoms with Crippen LogP contribution in [0.25, 0.3) is 20.4 Å². The van der Waals surface area contributed by atoms with Gasteiger partial charge in [0.15, 0.2) is 10.3 Å². The molecule has 0 saturated heterocycles. The number of aromatic nitrogens is 2. The highest BCUT2D eigenvalue weighted by Gasteiger charge is 2.12. The van der Waals surface area contributed by atoms with Gasteiger partial charge < -0.3 is 21.7 Å². The zero-order valence-corrected chi connectivity index (χ0v) is 29.4. The predicted molar refractivity (Wildman–Crippen MR) is 214 cm³/mol. The molecule has 0 aliphatic carbocycles. The maximum atomic E-state index is 12.4. The van der Waals surface area contributed by atoms with Crippen molar-refractivity contribution in [3.8, 4) is 0 Å². The summed E-state index contributed by atoms with van der Waals surface area (Å²) in [6.45, 7) is 0. The summed E-state index contributed by atoms with van der Waals surface area (Å²) in [7, 11) is 0. The summed E-state index contributed by atoms with van der Waals surface area (Å²) in [5.74, 6) is -0.140. The number of halogens is 1. The van der Waals surface area contributed by atoms with Crippen molar-refractivity contribution in [3.05, 3.63) is 169 Å². The smallest absolute Gasteiger partial charge is 0.255 e. The van der Waals surface area contributed by atoms with Crippen LogP contribution in [0.2, 0.25) is 0 Å². The van der Waals surface area contributed by atoms with Crippen molar-refractivity contribution in [2.45, 2.75) is 0 Å². The largest absolute Gasteiger partial charge is 0.397 e. The molecule has 0 unspecified atom stereocenters. The molecule has 2 heterocycles. The quantitative estimate of drug-likeness (QED) is 0.0952. The minimum atomic E-state index is -0.407. The summed E-state index contributed by atoms with van der Waals surface area (Å²) in [6, 6.07) is 49.4. The number of benzene rings is 6. The molecule has 0 saturated carbocycles. The third kappa shape index (κ3) is 9.55. The maximum absolute atomic E-state index is 12.4. The number of amides is 1. The monoisotopic (exact) mass is 726 g/mol. The second-order valence-electron chi connectivity index (χ2n) is 10.8. The Balaban J connectivity index is 0.000000148. The number of hydrogen-bond donors (Lipinski definition) is 4. The molecule has 11 heteroatoms. The van der Waals surface area contributed by atoms with Crippen LogP contribution in [-0.2, 0) is 0 Å². The molecule has 0 fully saturated rings. The highest BCUT2D eigenvalue weighted by atomic mass is 35.5. The number of thiazole rings is 2. The lowest BCUT2D eigenvalue weighted by molar-refractivity contribution is 0.102. The van der Waals surface area contributed by atoms with E-state index in [4.69, 9.17) is 17.3 Å². The lowest BCUT2D eigenvalue weighted by atomic mass is 10.2. The highest BCUT2D eigenvalue weighted by molar-refractivity contribution is 7.22. The number of nitrogens with zero attached hydrogens (tertiary/aromatic N) is 2. The first-order valence-electron chi connectivity index (χ1n) is 15.7. The molecule has 5 N–H and O–H groups in total. The van der Waals surface area contributed by atoms with Crippen LogP contribution in [0.15, 0.2) is 158 Å². The molecule has 2 aromatic heterocycles. The Bertz CT molecular complexity index is 2350. The normalized spacial score (nSPS) is 10.3. The van der Waals surface area contributed by atoms with Gasteiger partial charge in [0.25, 0.3) is 11.1 Å². The molecule has 8 nitrogen and oxygen atoms in total. The van der Waals surface area contributed by atoms with Gasteiger partial charge >= 0.3 is 0 Å². The lowest BCUT2D eigenvalue weighted by Crippen LogP contribution is -2.11. The molecule has 0 bridgehead atoms. The summed E-state index contributed by atoms with van der Waals surface area (Å²) in [6.07, 6.45) is 0. The lowest BCUT2D eigenvalue weighted by Gasteiger charge is -2.05. The molecule has 51 heavy (non-hydrogen) atoms. The zero-order chi connectivity index (χ0) is 35.4. The molecular weight excluding hydrogens is 696 g/mol. The second kappa shape index (κ2) is 17.0. The fourth-order valence-electron chi connectivity index (χ4n) is 4.77. The molecule has 8 aromatic rings. The van der Waals surface area contributed by atoms with Gasteiger partial charge in [0, 0.05) is 22.5 Å². The van der Waals surface area contributed by atoms with Crippen molar-refractivity contribution in [2.75, 3.05) is 21.7 Å². The van der Waals surface area contributed by atoms with Crippen molar-refractivity contribution in [1.29, 1.82) is 0 Å². The Kier molecular flexibility index (Phi) is 11.6. The first-order valence-corrected chi connectivity index (χ1v) is 17.7. The van der Waals surface area contributed by atoms with Gasteiger partial charge in [0.1, 0.15) is 11.0 Å². The molecule has 6 aromatic carbocycles. The number of nitrogens with one attached hydrogen (secondary N) is 3. The Morgan fingerprint density at radius 3 is 1.47 bits per heavy atom. The van der Waals surface area contributed by atoms with Crippen LogP contribution in [0, 0.1) is 0 Å². The number of nitrogen functional groups attached to an aromatic ring is 1. The van der Waals surface area contributed by atoms with E-state index in [0.29, 0.717) is 16.8 Å². The maximum Gasteiger partial charge on any atom is 0.255 e. The van der Waals surface area contributed by atoms with Crippen LogP contribution in [0.5, 0.6) is 0 Å². The van der Waals surface area contributed by atoms with Gasteiger partial charge in [-0.1, -0.05) is 120 Å². The molecule has 0 atom stereocenters. The number of rotatable bonds is 7. The van der Waals surface area contributed by atoms with E-state index in [-0.39, 0.29) is 5.91 Å². The SMILES string of the molecule is Nc1cccc2sc(Nc3ccccc3)nc12.O=C(Cl)c1ccccc1.O=C(Nc1cccc2sc(Nc3ccccc3)nc12)c1ccccc1. The molecule has 252 valence electrons. The van der Waals surface area contributed by atoms with Crippen LogP contribution in [0.1, 0.15) is 20.7 Å². The Labute approximate surface area is 307 Å². The minimum absolute atomic E-state index is 0.140. The van der Waals surface area contributed by atoms with Crippen LogP contribution in [0.3, 0.4) is 0 Å². The highest BCUT2D eigenvalue weighted by Crippen LogP contribution is 2.33. The average molecular weight is 727 g/mol. The van der Waals surface area contributed by atoms with E-state index >= 15 is 0 Å². The molecule has 0 aliphatic rings. The van der Waals surface area contributed by atoms with Gasteiger partial charge in [0.05, 0.1) is 20.8 Å². The molecular formula is C40H31ClN6O2S2. The molecule has 0 radical (unpaired) electrons.